The maximum absolute atomic E-state index is 12.9. The molecule has 1 aromatic heterocycles. The number of amides is 1. The van der Waals surface area contributed by atoms with Gasteiger partial charge in [0.05, 0.1) is 13.2 Å². The van der Waals surface area contributed by atoms with Crippen molar-refractivity contribution in [3.8, 4) is 0 Å². The number of carboxylic acid groups (broad SMARTS) is 1. The number of carbonyl (C=O) groups excluding carboxylic acids is 1. The number of hydrogen-bond donors (Lipinski definition) is 1. The van der Waals surface area contributed by atoms with Gasteiger partial charge in [0.2, 0.25) is 5.01 Å². The first-order valence-corrected chi connectivity index (χ1v) is 7.91. The Hall–Kier alpha value is -2.04. The van der Waals surface area contributed by atoms with Gasteiger partial charge in [0.25, 0.3) is 0 Å². The van der Waals surface area contributed by atoms with Gasteiger partial charge in [-0.25, -0.2) is 14.6 Å². The summed E-state index contributed by atoms with van der Waals surface area (Å²) in [6.45, 7) is 2.28. The Kier molecular flexibility index (Phi) is 5.21. The first kappa shape index (κ1) is 18.3. The van der Waals surface area contributed by atoms with E-state index in [0.717, 1.165) is 7.11 Å². The molecule has 0 spiro atoms. The highest BCUT2D eigenvalue weighted by atomic mass is 32.1. The molecule has 0 unspecified atom stereocenters. The molecule has 0 bridgehead atoms. The van der Waals surface area contributed by atoms with Crippen LogP contribution in [0.5, 0.6) is 0 Å². The Morgan fingerprint density at radius 3 is 2.58 bits per heavy atom. The largest absolute Gasteiger partial charge is 0.465 e. The number of thiazole rings is 1. The summed E-state index contributed by atoms with van der Waals surface area (Å²) in [5, 5.41) is 8.08. The Labute approximate surface area is 139 Å². The zero-order valence-corrected chi connectivity index (χ0v) is 13.8. The summed E-state index contributed by atoms with van der Waals surface area (Å²) in [7, 11) is 1.07. The molecule has 1 saturated heterocycles. The van der Waals surface area contributed by atoms with Crippen LogP contribution in [0.2, 0.25) is 0 Å². The van der Waals surface area contributed by atoms with Crippen LogP contribution >= 0.6 is 11.3 Å². The lowest BCUT2D eigenvalue weighted by atomic mass is 10.1. The van der Waals surface area contributed by atoms with Gasteiger partial charge >= 0.3 is 18.2 Å². The normalized spacial score (nSPS) is 18.6. The first-order valence-electron chi connectivity index (χ1n) is 7.09. The van der Waals surface area contributed by atoms with E-state index in [4.69, 9.17) is 5.11 Å². The Bertz CT molecular complexity index is 634. The lowest BCUT2D eigenvalue weighted by molar-refractivity contribution is -0.137. The summed E-state index contributed by atoms with van der Waals surface area (Å²) in [5.74, 6) is -0.953. The molecule has 0 aromatic carbocycles. The number of nitrogens with zero attached hydrogens (tertiary/aromatic N) is 3. The van der Waals surface area contributed by atoms with Gasteiger partial charge in [-0.05, 0) is 6.42 Å². The molecular formula is C13H16F3N3O4S. The molecule has 1 atom stereocenters. The second kappa shape index (κ2) is 6.83. The number of esters is 1. The van der Waals surface area contributed by atoms with Gasteiger partial charge in [-0.15, -0.1) is 0 Å². The number of halogens is 3. The van der Waals surface area contributed by atoms with E-state index >= 15 is 0 Å². The van der Waals surface area contributed by atoms with Crippen LogP contribution in [-0.4, -0.2) is 59.8 Å². The molecule has 0 radical (unpaired) electrons. The first-order chi connectivity index (χ1) is 11.2. The zero-order valence-electron chi connectivity index (χ0n) is 13.0. The average molecular weight is 367 g/mol. The van der Waals surface area contributed by atoms with Crippen LogP contribution in [-0.2, 0) is 10.9 Å². The van der Waals surface area contributed by atoms with Crippen LogP contribution in [0.15, 0.2) is 0 Å². The lowest BCUT2D eigenvalue weighted by Crippen LogP contribution is -2.54. The van der Waals surface area contributed by atoms with Crippen LogP contribution in [0, 0.1) is 0 Å². The second-order valence-corrected chi connectivity index (χ2v) is 6.12. The minimum atomic E-state index is -4.67. The van der Waals surface area contributed by atoms with E-state index in [0.29, 0.717) is 17.8 Å². The number of alkyl halides is 3. The molecule has 2 heterocycles. The van der Waals surface area contributed by atoms with Crippen molar-refractivity contribution in [2.24, 2.45) is 0 Å². The molecule has 11 heteroatoms. The van der Waals surface area contributed by atoms with Crippen LogP contribution in [0.4, 0.5) is 23.0 Å². The minimum absolute atomic E-state index is 0.0534. The molecule has 2 rings (SSSR count). The number of piperazine rings is 1. The van der Waals surface area contributed by atoms with Gasteiger partial charge in [-0.1, -0.05) is 18.3 Å². The van der Waals surface area contributed by atoms with E-state index < -0.39 is 28.9 Å². The highest BCUT2D eigenvalue weighted by molar-refractivity contribution is 7.16. The average Bonchev–Trinajstić information content (AvgIpc) is 2.98. The van der Waals surface area contributed by atoms with Crippen molar-refractivity contribution in [1.29, 1.82) is 0 Å². The van der Waals surface area contributed by atoms with Crippen LogP contribution in [0.25, 0.3) is 0 Å². The van der Waals surface area contributed by atoms with Crippen molar-refractivity contribution in [2.45, 2.75) is 25.6 Å². The molecule has 1 amide bonds. The topological polar surface area (TPSA) is 83.0 Å². The van der Waals surface area contributed by atoms with E-state index in [9.17, 15) is 22.8 Å². The van der Waals surface area contributed by atoms with Gasteiger partial charge < -0.3 is 19.6 Å². The van der Waals surface area contributed by atoms with Crippen molar-refractivity contribution in [3.63, 3.8) is 0 Å². The summed E-state index contributed by atoms with van der Waals surface area (Å²) >= 11 is 0.362. The van der Waals surface area contributed by atoms with Crippen molar-refractivity contribution >= 4 is 28.4 Å². The maximum atomic E-state index is 12.9. The molecular weight excluding hydrogens is 351 g/mol. The smallest absolute Gasteiger partial charge is 0.443 e. The van der Waals surface area contributed by atoms with E-state index in [2.05, 4.69) is 9.72 Å². The van der Waals surface area contributed by atoms with Crippen LogP contribution in [0.3, 0.4) is 0 Å². The fourth-order valence-electron chi connectivity index (χ4n) is 2.52. The molecule has 134 valence electrons. The van der Waals surface area contributed by atoms with Crippen molar-refractivity contribution < 1.29 is 32.6 Å². The van der Waals surface area contributed by atoms with Gasteiger partial charge in [-0.2, -0.15) is 13.2 Å². The van der Waals surface area contributed by atoms with Crippen molar-refractivity contribution in [3.05, 3.63) is 10.7 Å². The van der Waals surface area contributed by atoms with Crippen molar-refractivity contribution in [2.75, 3.05) is 31.6 Å². The summed E-state index contributed by atoms with van der Waals surface area (Å²) in [4.78, 5) is 29.2. The third-order valence-electron chi connectivity index (χ3n) is 3.72. The Morgan fingerprint density at radius 2 is 2.08 bits per heavy atom. The van der Waals surface area contributed by atoms with Gasteiger partial charge in [0, 0.05) is 19.6 Å². The number of aromatic nitrogens is 1. The molecule has 1 aliphatic heterocycles. The molecule has 24 heavy (non-hydrogen) atoms. The zero-order chi connectivity index (χ0) is 18.1. The predicted octanol–water partition coefficient (Wildman–Crippen LogP) is 2.53. The third-order valence-corrected chi connectivity index (χ3v) is 4.88. The monoisotopic (exact) mass is 367 g/mol. The lowest BCUT2D eigenvalue weighted by Gasteiger charge is -2.40. The number of ether oxygens (including phenoxy) is 1. The number of rotatable bonds is 3. The Balaban J connectivity index is 2.35. The summed E-state index contributed by atoms with van der Waals surface area (Å²) in [6, 6.07) is -0.377. The number of methoxy groups -OCH3 is 1. The summed E-state index contributed by atoms with van der Waals surface area (Å²) in [6.07, 6.45) is -5.24. The van der Waals surface area contributed by atoms with Crippen LogP contribution in [0.1, 0.15) is 28.8 Å². The predicted molar refractivity (Wildman–Crippen MR) is 79.5 cm³/mol. The number of hydrogen-bond acceptors (Lipinski definition) is 6. The summed E-state index contributed by atoms with van der Waals surface area (Å²) < 4.78 is 43.3. The highest BCUT2D eigenvalue weighted by Crippen LogP contribution is 2.39. The molecule has 1 fully saturated rings. The highest BCUT2D eigenvalue weighted by Gasteiger charge is 2.39. The van der Waals surface area contributed by atoms with E-state index in [-0.39, 0.29) is 30.7 Å². The number of anilines is 1. The third kappa shape index (κ3) is 3.55. The van der Waals surface area contributed by atoms with E-state index in [1.807, 2.05) is 0 Å². The molecule has 1 aromatic rings. The molecule has 7 nitrogen and oxygen atoms in total. The van der Waals surface area contributed by atoms with E-state index in [1.54, 1.807) is 11.8 Å². The van der Waals surface area contributed by atoms with Gasteiger partial charge in [0.15, 0.2) is 5.69 Å². The summed E-state index contributed by atoms with van der Waals surface area (Å²) in [5.41, 5.74) is -0.395. The standard InChI is InChI=1S/C13H16F3N3O4S/c1-3-7-6-18(4-5-19(7)12(21)22)9-8(10(20)23-2)17-11(24-9)13(14,15)16/h7H,3-6H2,1-2H3,(H,21,22)/t7-/m1/s1. The van der Waals surface area contributed by atoms with Crippen molar-refractivity contribution in [1.82, 2.24) is 9.88 Å². The molecule has 0 aliphatic carbocycles. The fraction of sp³-hybridized carbons (Fsp3) is 0.615. The van der Waals surface area contributed by atoms with Crippen LogP contribution < -0.4 is 4.90 Å². The quantitative estimate of drug-likeness (QED) is 0.827. The number of carbonyl (C=O) groups is 2. The fourth-order valence-corrected chi connectivity index (χ4v) is 3.47. The Morgan fingerprint density at radius 1 is 1.42 bits per heavy atom. The second-order valence-electron chi connectivity index (χ2n) is 5.15. The van der Waals surface area contributed by atoms with Gasteiger partial charge in [0.1, 0.15) is 5.00 Å². The maximum Gasteiger partial charge on any atom is 0.443 e. The molecule has 0 saturated carbocycles. The molecule has 1 aliphatic rings. The molecule has 1 N–H and O–H groups in total. The minimum Gasteiger partial charge on any atom is -0.465 e. The van der Waals surface area contributed by atoms with Gasteiger partial charge in [-0.3, -0.25) is 0 Å². The SMILES string of the molecule is CC[C@@H]1CN(c2sc(C(F)(F)F)nc2C(=O)OC)CCN1C(=O)O. The van der Waals surface area contributed by atoms with E-state index in [1.165, 1.54) is 4.90 Å².